The first kappa shape index (κ1) is 15.7. The fourth-order valence-corrected chi connectivity index (χ4v) is 3.74. The molecule has 3 aromatic rings. The number of aromatic amines is 2. The molecular weight excluding hydrogens is 314 g/mol. The number of piperidine rings is 1. The van der Waals surface area contributed by atoms with Crippen LogP contribution in [-0.4, -0.2) is 33.9 Å². The van der Waals surface area contributed by atoms with Crippen LogP contribution >= 0.6 is 0 Å². The third kappa shape index (κ3) is 2.86. The average molecular weight is 335 g/mol. The zero-order chi connectivity index (χ0) is 17.4. The van der Waals surface area contributed by atoms with Gasteiger partial charge in [-0.15, -0.1) is 0 Å². The minimum Gasteiger partial charge on any atom is -0.361 e. The lowest BCUT2D eigenvalue weighted by Crippen LogP contribution is -2.40. The normalized spacial score (nSPS) is 15.6. The van der Waals surface area contributed by atoms with Gasteiger partial charge >= 0.3 is 0 Å². The second kappa shape index (κ2) is 6.24. The highest BCUT2D eigenvalue weighted by atomic mass is 16.2. The second-order valence-corrected chi connectivity index (χ2v) is 6.74. The fourth-order valence-electron chi connectivity index (χ4n) is 3.74. The highest BCUT2D eigenvalue weighted by molar-refractivity contribution is 5.94. The van der Waals surface area contributed by atoms with E-state index in [0.717, 1.165) is 24.1 Å². The third-order valence-corrected chi connectivity index (χ3v) is 5.13. The van der Waals surface area contributed by atoms with Gasteiger partial charge in [0.05, 0.1) is 0 Å². The predicted octanol–water partition coefficient (Wildman–Crippen LogP) is 3.18. The molecule has 1 aliphatic heterocycles. The average Bonchev–Trinajstić information content (AvgIpc) is 3.05. The highest BCUT2D eigenvalue weighted by Gasteiger charge is 2.27. The van der Waals surface area contributed by atoms with Crippen molar-refractivity contribution < 1.29 is 4.79 Å². The minimum absolute atomic E-state index is 0.168. The van der Waals surface area contributed by atoms with Crippen molar-refractivity contribution in [3.8, 4) is 0 Å². The Balaban J connectivity index is 1.49. The van der Waals surface area contributed by atoms with E-state index in [0.29, 0.717) is 19.0 Å². The maximum Gasteiger partial charge on any atom is 0.260 e. The summed E-state index contributed by atoms with van der Waals surface area (Å²) in [6, 6.07) is 11.7. The smallest absolute Gasteiger partial charge is 0.260 e. The molecule has 0 saturated carbocycles. The van der Waals surface area contributed by atoms with Gasteiger partial charge in [-0.25, -0.2) is 0 Å². The number of rotatable bonds is 2. The summed E-state index contributed by atoms with van der Waals surface area (Å²) in [4.78, 5) is 32.5. The lowest BCUT2D eigenvalue weighted by molar-refractivity contribution is 0.0711. The molecule has 1 saturated heterocycles. The van der Waals surface area contributed by atoms with Gasteiger partial charge in [-0.3, -0.25) is 9.59 Å². The van der Waals surface area contributed by atoms with Crippen LogP contribution in [-0.2, 0) is 0 Å². The number of para-hydroxylation sites is 1. The number of nitrogens with zero attached hydrogens (tertiary/aromatic N) is 1. The van der Waals surface area contributed by atoms with Gasteiger partial charge in [0.25, 0.3) is 11.5 Å². The Labute approximate surface area is 145 Å². The second-order valence-electron chi connectivity index (χ2n) is 6.74. The van der Waals surface area contributed by atoms with Crippen LogP contribution in [0.25, 0.3) is 10.9 Å². The summed E-state index contributed by atoms with van der Waals surface area (Å²) in [6.45, 7) is 3.16. The van der Waals surface area contributed by atoms with E-state index in [9.17, 15) is 9.59 Å². The number of hydrogen-bond acceptors (Lipinski definition) is 2. The fraction of sp³-hybridized carbons (Fsp3) is 0.300. The van der Waals surface area contributed by atoms with Crippen molar-refractivity contribution >= 4 is 16.8 Å². The molecule has 0 aliphatic carbocycles. The lowest BCUT2D eigenvalue weighted by atomic mass is 9.89. The van der Waals surface area contributed by atoms with Crippen LogP contribution in [0.1, 0.15) is 40.4 Å². The number of pyridine rings is 1. The Hall–Kier alpha value is -2.82. The molecule has 25 heavy (non-hydrogen) atoms. The van der Waals surface area contributed by atoms with Crippen molar-refractivity contribution in [1.82, 2.24) is 14.9 Å². The van der Waals surface area contributed by atoms with E-state index in [2.05, 4.69) is 34.4 Å². The molecule has 0 bridgehead atoms. The Morgan fingerprint density at radius 1 is 1.12 bits per heavy atom. The Kier molecular flexibility index (Phi) is 3.92. The van der Waals surface area contributed by atoms with Crippen LogP contribution in [0, 0.1) is 6.92 Å². The molecular formula is C20H21N3O2. The number of carbonyl (C=O) groups excluding carboxylic acids is 1. The van der Waals surface area contributed by atoms with E-state index in [1.807, 2.05) is 13.0 Å². The molecule has 5 nitrogen and oxygen atoms in total. The summed E-state index contributed by atoms with van der Waals surface area (Å²) in [5.74, 6) is 0.273. The first-order valence-corrected chi connectivity index (χ1v) is 8.68. The summed E-state index contributed by atoms with van der Waals surface area (Å²) >= 11 is 0. The van der Waals surface area contributed by atoms with Crippen LogP contribution in [0.3, 0.4) is 0 Å². The maximum atomic E-state index is 12.6. The zero-order valence-electron chi connectivity index (χ0n) is 14.2. The monoisotopic (exact) mass is 335 g/mol. The SMILES string of the molecule is Cc1ccc(C(=O)N2CCC(c3c[nH]c4ccccc34)CC2)c(=O)[nH]1. The zero-order valence-corrected chi connectivity index (χ0v) is 14.2. The molecule has 0 unspecified atom stereocenters. The van der Waals surface area contributed by atoms with Crippen molar-refractivity contribution in [2.75, 3.05) is 13.1 Å². The van der Waals surface area contributed by atoms with Crippen LogP contribution in [0.15, 0.2) is 47.4 Å². The molecule has 3 heterocycles. The first-order valence-electron chi connectivity index (χ1n) is 8.68. The van der Waals surface area contributed by atoms with Gasteiger partial charge in [-0.1, -0.05) is 18.2 Å². The Morgan fingerprint density at radius 2 is 1.88 bits per heavy atom. The number of aryl methyl sites for hydroxylation is 1. The maximum absolute atomic E-state index is 12.6. The molecule has 128 valence electrons. The first-order chi connectivity index (χ1) is 12.1. The van der Waals surface area contributed by atoms with E-state index in [4.69, 9.17) is 0 Å². The number of aromatic nitrogens is 2. The van der Waals surface area contributed by atoms with Gasteiger partial charge in [-0.05, 0) is 49.4 Å². The summed E-state index contributed by atoms with van der Waals surface area (Å²) in [7, 11) is 0. The number of H-pyrrole nitrogens is 2. The summed E-state index contributed by atoms with van der Waals surface area (Å²) in [5, 5.41) is 1.27. The van der Waals surface area contributed by atoms with E-state index in [-0.39, 0.29) is 17.0 Å². The molecule has 0 radical (unpaired) electrons. The summed E-state index contributed by atoms with van der Waals surface area (Å²) in [6.07, 6.45) is 3.92. The van der Waals surface area contributed by atoms with Crippen LogP contribution in [0.4, 0.5) is 0 Å². The van der Waals surface area contributed by atoms with E-state index in [1.165, 1.54) is 10.9 Å². The van der Waals surface area contributed by atoms with Crippen molar-refractivity contribution in [2.45, 2.75) is 25.7 Å². The van der Waals surface area contributed by atoms with Crippen LogP contribution < -0.4 is 5.56 Å². The van der Waals surface area contributed by atoms with Gasteiger partial charge in [0.1, 0.15) is 5.56 Å². The third-order valence-electron chi connectivity index (χ3n) is 5.13. The number of amides is 1. The molecule has 1 amide bonds. The van der Waals surface area contributed by atoms with Gasteiger partial charge in [0.15, 0.2) is 0 Å². The molecule has 0 atom stereocenters. The van der Waals surface area contributed by atoms with E-state index >= 15 is 0 Å². The molecule has 1 aromatic carbocycles. The molecule has 4 rings (SSSR count). The molecule has 5 heteroatoms. The van der Waals surface area contributed by atoms with Gasteiger partial charge < -0.3 is 14.9 Å². The lowest BCUT2D eigenvalue weighted by Gasteiger charge is -2.32. The Morgan fingerprint density at radius 3 is 2.64 bits per heavy atom. The molecule has 0 spiro atoms. The number of hydrogen-bond donors (Lipinski definition) is 2. The quantitative estimate of drug-likeness (QED) is 0.755. The topological polar surface area (TPSA) is 69.0 Å². The van der Waals surface area contributed by atoms with Crippen LogP contribution in [0.2, 0.25) is 0 Å². The summed E-state index contributed by atoms with van der Waals surface area (Å²) in [5.41, 5.74) is 3.18. The van der Waals surface area contributed by atoms with E-state index < -0.39 is 0 Å². The Bertz CT molecular complexity index is 978. The number of nitrogens with one attached hydrogen (secondary N) is 2. The van der Waals surface area contributed by atoms with Crippen molar-refractivity contribution in [3.63, 3.8) is 0 Å². The number of carbonyl (C=O) groups is 1. The largest absolute Gasteiger partial charge is 0.361 e. The highest BCUT2D eigenvalue weighted by Crippen LogP contribution is 2.33. The molecule has 1 fully saturated rings. The van der Waals surface area contributed by atoms with Gasteiger partial charge in [0.2, 0.25) is 0 Å². The van der Waals surface area contributed by atoms with E-state index in [1.54, 1.807) is 17.0 Å². The standard InChI is InChI=1S/C20H21N3O2/c1-13-6-7-16(19(24)22-13)20(25)23-10-8-14(9-11-23)17-12-21-18-5-3-2-4-15(17)18/h2-7,12,14,21H,8-11H2,1H3,(H,22,24). The summed E-state index contributed by atoms with van der Waals surface area (Å²) < 4.78 is 0. The molecule has 2 aromatic heterocycles. The number of benzene rings is 1. The molecule has 2 N–H and O–H groups in total. The number of fused-ring (bicyclic) bond motifs is 1. The van der Waals surface area contributed by atoms with Crippen molar-refractivity contribution in [1.29, 1.82) is 0 Å². The molecule has 1 aliphatic rings. The number of likely N-dealkylation sites (tertiary alicyclic amines) is 1. The van der Waals surface area contributed by atoms with Crippen LogP contribution in [0.5, 0.6) is 0 Å². The van der Waals surface area contributed by atoms with Gasteiger partial charge in [-0.2, -0.15) is 0 Å². The predicted molar refractivity (Wildman–Crippen MR) is 98.0 cm³/mol. The minimum atomic E-state index is -0.302. The van der Waals surface area contributed by atoms with Gasteiger partial charge in [0, 0.05) is 35.9 Å². The van der Waals surface area contributed by atoms with Crippen molar-refractivity contribution in [2.24, 2.45) is 0 Å². The van der Waals surface area contributed by atoms with Crippen molar-refractivity contribution in [3.05, 3.63) is 69.8 Å².